The molecule has 0 aliphatic heterocycles. The lowest BCUT2D eigenvalue weighted by Gasteiger charge is -2.24. The van der Waals surface area contributed by atoms with Crippen LogP contribution >= 0.6 is 34.8 Å². The Labute approximate surface area is 201 Å². The fourth-order valence-electron chi connectivity index (χ4n) is 2.87. The fraction of sp³-hybridized carbons (Fsp3) is 0.136. The Morgan fingerprint density at radius 1 is 0.969 bits per heavy atom. The van der Waals surface area contributed by atoms with Crippen LogP contribution in [-0.2, 0) is 21.4 Å². The molecule has 1 N–H and O–H groups in total. The van der Waals surface area contributed by atoms with Gasteiger partial charge in [0.1, 0.15) is 12.3 Å². The minimum absolute atomic E-state index is 0.00632. The molecule has 0 aromatic heterocycles. The third kappa shape index (κ3) is 5.86. The van der Waals surface area contributed by atoms with E-state index in [0.717, 1.165) is 4.31 Å². The second kappa shape index (κ2) is 10.4. The summed E-state index contributed by atoms with van der Waals surface area (Å²) in [7, 11) is -2.59. The summed E-state index contributed by atoms with van der Waals surface area (Å²) in [5, 5.41) is 3.90. The quantitative estimate of drug-likeness (QED) is 0.451. The van der Waals surface area contributed by atoms with E-state index >= 15 is 0 Å². The third-order valence-corrected chi connectivity index (χ3v) is 7.13. The second-order valence-electron chi connectivity index (χ2n) is 6.68. The Bertz CT molecular complexity index is 1220. The largest absolute Gasteiger partial charge is 0.497 e. The maximum absolute atomic E-state index is 13.4. The van der Waals surface area contributed by atoms with E-state index in [9.17, 15) is 13.2 Å². The molecule has 0 radical (unpaired) electrons. The van der Waals surface area contributed by atoms with Crippen LogP contribution in [0, 0.1) is 0 Å². The molecule has 6 nitrogen and oxygen atoms in total. The predicted molar refractivity (Wildman–Crippen MR) is 127 cm³/mol. The van der Waals surface area contributed by atoms with Crippen LogP contribution < -0.4 is 14.4 Å². The third-order valence-electron chi connectivity index (χ3n) is 4.52. The number of nitrogens with one attached hydrogen (secondary N) is 1. The van der Waals surface area contributed by atoms with Crippen LogP contribution in [0.1, 0.15) is 5.56 Å². The van der Waals surface area contributed by atoms with Gasteiger partial charge in [0, 0.05) is 21.6 Å². The maximum atomic E-state index is 13.4. The number of ether oxygens (including phenoxy) is 1. The van der Waals surface area contributed by atoms with Crippen molar-refractivity contribution < 1.29 is 17.9 Å². The summed E-state index contributed by atoms with van der Waals surface area (Å²) < 4.78 is 32.8. The summed E-state index contributed by atoms with van der Waals surface area (Å²) in [5.41, 5.74) is 0.907. The van der Waals surface area contributed by atoms with E-state index in [2.05, 4.69) is 5.32 Å². The van der Waals surface area contributed by atoms with E-state index in [1.165, 1.54) is 37.4 Å². The molecule has 0 spiro atoms. The van der Waals surface area contributed by atoms with Crippen LogP contribution in [0.4, 0.5) is 5.69 Å². The Hall–Kier alpha value is -2.45. The number of halogens is 3. The summed E-state index contributed by atoms with van der Waals surface area (Å²) in [6.07, 6.45) is 0. The number of amides is 1. The van der Waals surface area contributed by atoms with Gasteiger partial charge in [0.25, 0.3) is 10.0 Å². The number of hydrogen-bond donors (Lipinski definition) is 1. The Morgan fingerprint density at radius 3 is 2.28 bits per heavy atom. The molecule has 0 saturated heterocycles. The van der Waals surface area contributed by atoms with Gasteiger partial charge in [-0.1, -0.05) is 46.9 Å². The zero-order chi connectivity index (χ0) is 23.3. The van der Waals surface area contributed by atoms with Crippen molar-refractivity contribution in [2.24, 2.45) is 0 Å². The first-order valence-electron chi connectivity index (χ1n) is 9.33. The number of anilines is 1. The number of hydrogen-bond acceptors (Lipinski definition) is 4. The lowest BCUT2D eigenvalue weighted by Crippen LogP contribution is -2.40. The molecular formula is C22H19Cl3N2O4S. The van der Waals surface area contributed by atoms with Crippen LogP contribution in [0.25, 0.3) is 0 Å². The van der Waals surface area contributed by atoms with E-state index in [1.807, 2.05) is 0 Å². The first-order valence-corrected chi connectivity index (χ1v) is 11.9. The number of methoxy groups -OCH3 is 1. The van der Waals surface area contributed by atoms with Gasteiger partial charge in [0.15, 0.2) is 0 Å². The van der Waals surface area contributed by atoms with Crippen LogP contribution in [0.3, 0.4) is 0 Å². The van der Waals surface area contributed by atoms with Gasteiger partial charge >= 0.3 is 0 Å². The highest BCUT2D eigenvalue weighted by molar-refractivity contribution is 7.92. The van der Waals surface area contributed by atoms with Gasteiger partial charge in [-0.3, -0.25) is 9.10 Å². The van der Waals surface area contributed by atoms with Crippen LogP contribution in [0.15, 0.2) is 71.6 Å². The molecule has 0 heterocycles. The van der Waals surface area contributed by atoms with Gasteiger partial charge in [0.05, 0.1) is 17.7 Å². The standard InChI is InChI=1S/C22H19Cl3N2O4S/c1-31-19-7-9-20(10-8-19)32(29,30)27(18-4-2-3-16(23)11-18)14-22(28)26-13-15-5-6-17(24)12-21(15)25/h2-12H,13-14H2,1H3,(H,26,28). The summed E-state index contributed by atoms with van der Waals surface area (Å²) in [5.74, 6) is -0.0103. The van der Waals surface area contributed by atoms with E-state index in [-0.39, 0.29) is 17.1 Å². The van der Waals surface area contributed by atoms with Gasteiger partial charge in [-0.15, -0.1) is 0 Å². The van der Waals surface area contributed by atoms with Gasteiger partial charge < -0.3 is 10.1 Å². The van der Waals surface area contributed by atoms with Crippen molar-refractivity contribution in [1.29, 1.82) is 0 Å². The highest BCUT2D eigenvalue weighted by atomic mass is 35.5. The van der Waals surface area contributed by atoms with Crippen molar-refractivity contribution in [2.45, 2.75) is 11.4 Å². The molecule has 3 rings (SSSR count). The topological polar surface area (TPSA) is 75.7 Å². The smallest absolute Gasteiger partial charge is 0.264 e. The van der Waals surface area contributed by atoms with Gasteiger partial charge in [0.2, 0.25) is 5.91 Å². The van der Waals surface area contributed by atoms with Crippen molar-refractivity contribution in [3.63, 3.8) is 0 Å². The molecular weight excluding hydrogens is 495 g/mol. The number of carbonyl (C=O) groups excluding carboxylic acids is 1. The maximum Gasteiger partial charge on any atom is 0.264 e. The molecule has 168 valence electrons. The van der Waals surface area contributed by atoms with E-state index in [1.54, 1.807) is 36.4 Å². The van der Waals surface area contributed by atoms with Crippen molar-refractivity contribution >= 4 is 56.4 Å². The molecule has 3 aromatic rings. The van der Waals surface area contributed by atoms with Crippen LogP contribution in [-0.4, -0.2) is 28.0 Å². The summed E-state index contributed by atoms with van der Waals surface area (Å²) in [6.45, 7) is -0.347. The molecule has 0 saturated carbocycles. The summed E-state index contributed by atoms with van der Waals surface area (Å²) >= 11 is 18.1. The molecule has 1 amide bonds. The van der Waals surface area contributed by atoms with Crippen molar-refractivity contribution in [3.8, 4) is 5.75 Å². The minimum Gasteiger partial charge on any atom is -0.497 e. The predicted octanol–water partition coefficient (Wildman–Crippen LogP) is 5.17. The number of nitrogens with zero attached hydrogens (tertiary/aromatic N) is 1. The van der Waals surface area contributed by atoms with Crippen molar-refractivity contribution in [3.05, 3.63) is 87.4 Å². The molecule has 0 atom stereocenters. The highest BCUT2D eigenvalue weighted by Gasteiger charge is 2.27. The van der Waals surface area contributed by atoms with Gasteiger partial charge in [-0.25, -0.2) is 8.42 Å². The van der Waals surface area contributed by atoms with Gasteiger partial charge in [-0.05, 0) is 60.2 Å². The summed E-state index contributed by atoms with van der Waals surface area (Å²) in [4.78, 5) is 12.7. The molecule has 32 heavy (non-hydrogen) atoms. The zero-order valence-corrected chi connectivity index (χ0v) is 20.0. The first-order chi connectivity index (χ1) is 15.2. The number of rotatable bonds is 8. The zero-order valence-electron chi connectivity index (χ0n) is 16.9. The van der Waals surface area contributed by atoms with Crippen molar-refractivity contribution in [1.82, 2.24) is 5.32 Å². The molecule has 0 fully saturated rings. The Balaban J connectivity index is 1.86. The van der Waals surface area contributed by atoms with E-state index < -0.39 is 22.5 Å². The molecule has 3 aromatic carbocycles. The van der Waals surface area contributed by atoms with Crippen LogP contribution in [0.2, 0.25) is 15.1 Å². The molecule has 0 unspecified atom stereocenters. The highest BCUT2D eigenvalue weighted by Crippen LogP contribution is 2.27. The lowest BCUT2D eigenvalue weighted by molar-refractivity contribution is -0.119. The number of carbonyl (C=O) groups is 1. The molecule has 0 aliphatic carbocycles. The lowest BCUT2D eigenvalue weighted by atomic mass is 10.2. The Kier molecular flexibility index (Phi) is 7.90. The van der Waals surface area contributed by atoms with Gasteiger partial charge in [-0.2, -0.15) is 0 Å². The number of sulfonamides is 1. The Morgan fingerprint density at radius 2 is 1.66 bits per heavy atom. The molecule has 10 heteroatoms. The fourth-order valence-corrected chi connectivity index (χ4v) is 4.94. The van der Waals surface area contributed by atoms with E-state index in [0.29, 0.717) is 26.4 Å². The summed E-state index contributed by atoms with van der Waals surface area (Å²) in [6, 6.07) is 17.1. The SMILES string of the molecule is COc1ccc(S(=O)(=O)N(CC(=O)NCc2ccc(Cl)cc2Cl)c2cccc(Cl)c2)cc1. The van der Waals surface area contributed by atoms with E-state index in [4.69, 9.17) is 39.5 Å². The molecule has 0 aliphatic rings. The van der Waals surface area contributed by atoms with Crippen LogP contribution in [0.5, 0.6) is 5.75 Å². The normalized spacial score (nSPS) is 11.1. The second-order valence-corrected chi connectivity index (χ2v) is 9.82. The monoisotopic (exact) mass is 512 g/mol. The minimum atomic E-state index is -4.07. The molecule has 0 bridgehead atoms. The number of benzene rings is 3. The average molecular weight is 514 g/mol. The first kappa shape index (κ1) is 24.2. The average Bonchev–Trinajstić information content (AvgIpc) is 2.76. The van der Waals surface area contributed by atoms with Crippen molar-refractivity contribution in [2.75, 3.05) is 18.0 Å².